The average Bonchev–Trinajstić information content (AvgIpc) is 3.19. The Labute approximate surface area is 177 Å². The molecular weight excluding hydrogens is 486 g/mol. The summed E-state index contributed by atoms with van der Waals surface area (Å²) < 4.78 is 16.0. The fourth-order valence-electron chi connectivity index (χ4n) is 2.67. The van der Waals surface area contributed by atoms with Crippen LogP contribution in [0.2, 0.25) is 0 Å². The van der Waals surface area contributed by atoms with Crippen molar-refractivity contribution in [1.29, 1.82) is 0 Å². The molecular formula is C18H29Br2NO6. The molecule has 27 heavy (non-hydrogen) atoms. The molecule has 0 N–H and O–H groups in total. The number of halogens is 2. The molecule has 7 nitrogen and oxygen atoms in total. The highest BCUT2D eigenvalue weighted by atomic mass is 79.9. The number of hydrogen-bond donors (Lipinski definition) is 0. The van der Waals surface area contributed by atoms with Gasteiger partial charge >= 0.3 is 18.2 Å². The first kappa shape index (κ1) is 24.2. The molecule has 0 aromatic heterocycles. The van der Waals surface area contributed by atoms with Crippen molar-refractivity contribution in [1.82, 2.24) is 4.90 Å². The van der Waals surface area contributed by atoms with E-state index in [0.29, 0.717) is 5.33 Å². The maximum Gasteiger partial charge on any atom is 0.420 e. The van der Waals surface area contributed by atoms with Gasteiger partial charge in [-0.15, -0.1) is 0 Å². The molecule has 1 unspecified atom stereocenters. The number of carbonyl (C=O) groups excluding carboxylic acids is 3. The molecule has 1 fully saturated rings. The van der Waals surface area contributed by atoms with E-state index in [2.05, 4.69) is 31.9 Å². The van der Waals surface area contributed by atoms with Crippen molar-refractivity contribution in [2.45, 2.75) is 76.5 Å². The number of amides is 2. The second-order valence-electron chi connectivity index (χ2n) is 8.42. The average molecular weight is 515 g/mol. The van der Waals surface area contributed by atoms with E-state index >= 15 is 0 Å². The number of hydrogen-bond acceptors (Lipinski definition) is 6. The lowest BCUT2D eigenvalue weighted by atomic mass is 10.1. The summed E-state index contributed by atoms with van der Waals surface area (Å²) in [7, 11) is 0. The Morgan fingerprint density at radius 3 is 1.85 bits per heavy atom. The SMILES string of the molecule is CCOC(=O)[C@]1(N(C(=O)OC(C)(C)C)C(=O)OC(C)(C)C)C[C@@H]1C(Br)CBr. The summed E-state index contributed by atoms with van der Waals surface area (Å²) in [5.74, 6) is -0.965. The lowest BCUT2D eigenvalue weighted by molar-refractivity contribution is -0.151. The first-order valence-electron chi connectivity index (χ1n) is 8.83. The third-order valence-corrected chi connectivity index (χ3v) is 6.28. The summed E-state index contributed by atoms with van der Waals surface area (Å²) in [6.45, 7) is 11.9. The van der Waals surface area contributed by atoms with Crippen LogP contribution < -0.4 is 0 Å². The van der Waals surface area contributed by atoms with Crippen LogP contribution in [-0.2, 0) is 19.0 Å². The summed E-state index contributed by atoms with van der Waals surface area (Å²) >= 11 is 6.87. The molecule has 1 aliphatic rings. The topological polar surface area (TPSA) is 82.1 Å². The molecule has 1 saturated carbocycles. The molecule has 0 saturated heterocycles. The molecule has 0 aliphatic heterocycles. The van der Waals surface area contributed by atoms with Crippen LogP contribution in [0.5, 0.6) is 0 Å². The number of nitrogens with zero attached hydrogens (tertiary/aromatic N) is 1. The summed E-state index contributed by atoms with van der Waals surface area (Å²) in [6.07, 6.45) is -1.59. The van der Waals surface area contributed by atoms with Gasteiger partial charge in [0.05, 0.1) is 6.61 Å². The zero-order chi connectivity index (χ0) is 21.2. The van der Waals surface area contributed by atoms with E-state index in [9.17, 15) is 14.4 Å². The molecule has 1 aliphatic carbocycles. The minimum atomic E-state index is -1.46. The maximum absolute atomic E-state index is 12.9. The van der Waals surface area contributed by atoms with Crippen LogP contribution in [0, 0.1) is 5.92 Å². The van der Waals surface area contributed by atoms with Crippen molar-refractivity contribution >= 4 is 50.0 Å². The van der Waals surface area contributed by atoms with Crippen molar-refractivity contribution in [3.8, 4) is 0 Å². The van der Waals surface area contributed by atoms with Gasteiger partial charge in [0.25, 0.3) is 0 Å². The molecule has 0 bridgehead atoms. The highest BCUT2D eigenvalue weighted by molar-refractivity contribution is 9.12. The predicted octanol–water partition coefficient (Wildman–Crippen LogP) is 4.64. The molecule has 1 rings (SSSR count). The van der Waals surface area contributed by atoms with E-state index in [1.807, 2.05) is 0 Å². The molecule has 0 radical (unpaired) electrons. The van der Waals surface area contributed by atoms with E-state index in [1.54, 1.807) is 48.5 Å². The standard InChI is InChI=1S/C18H29Br2NO6/c1-8-25-13(22)18(9-11(18)12(20)10-19)21(14(23)26-16(2,3)4)15(24)27-17(5,6)7/h11-12H,8-10H2,1-7H3/t11-,12?,18+/m1/s1. The second kappa shape index (κ2) is 8.68. The number of esters is 1. The third kappa shape index (κ3) is 6.07. The maximum atomic E-state index is 12.9. The van der Waals surface area contributed by atoms with Crippen molar-refractivity contribution in [2.75, 3.05) is 11.9 Å². The van der Waals surface area contributed by atoms with Crippen LogP contribution in [-0.4, -0.2) is 56.6 Å². The van der Waals surface area contributed by atoms with Crippen LogP contribution in [0.1, 0.15) is 54.9 Å². The highest BCUT2D eigenvalue weighted by Crippen LogP contribution is 2.54. The lowest BCUT2D eigenvalue weighted by Gasteiger charge is -2.33. The molecule has 0 heterocycles. The Hall–Kier alpha value is -0.830. The predicted molar refractivity (Wildman–Crippen MR) is 108 cm³/mol. The number of ether oxygens (including phenoxy) is 3. The minimum absolute atomic E-state index is 0.130. The molecule has 2 amide bonds. The van der Waals surface area contributed by atoms with Gasteiger partial charge in [-0.25, -0.2) is 14.4 Å². The molecule has 156 valence electrons. The Morgan fingerprint density at radius 1 is 1.07 bits per heavy atom. The van der Waals surface area contributed by atoms with E-state index in [0.717, 1.165) is 4.90 Å². The Balaban J connectivity index is 3.37. The van der Waals surface area contributed by atoms with Gasteiger partial charge in [0.2, 0.25) is 0 Å². The number of carbonyl (C=O) groups is 3. The molecule has 9 heteroatoms. The van der Waals surface area contributed by atoms with E-state index in [1.165, 1.54) is 0 Å². The van der Waals surface area contributed by atoms with Crippen LogP contribution in [0.15, 0.2) is 0 Å². The summed E-state index contributed by atoms with van der Waals surface area (Å²) in [5.41, 5.74) is -3.15. The van der Waals surface area contributed by atoms with Gasteiger partial charge in [0, 0.05) is 16.1 Å². The molecule has 0 spiro atoms. The number of alkyl halides is 2. The largest absolute Gasteiger partial charge is 0.464 e. The molecule has 3 atom stereocenters. The third-order valence-electron chi connectivity index (χ3n) is 3.75. The first-order chi connectivity index (χ1) is 12.2. The second-order valence-corrected chi connectivity index (χ2v) is 10.2. The number of rotatable bonds is 5. The fraction of sp³-hybridized carbons (Fsp3) is 0.833. The van der Waals surface area contributed by atoms with Gasteiger partial charge in [0.15, 0.2) is 5.54 Å². The van der Waals surface area contributed by atoms with Gasteiger partial charge in [-0.3, -0.25) is 0 Å². The number of imide groups is 1. The smallest absolute Gasteiger partial charge is 0.420 e. The van der Waals surface area contributed by atoms with Gasteiger partial charge < -0.3 is 14.2 Å². The van der Waals surface area contributed by atoms with E-state index < -0.39 is 34.9 Å². The van der Waals surface area contributed by atoms with Gasteiger partial charge in [-0.2, -0.15) is 4.90 Å². The monoisotopic (exact) mass is 513 g/mol. The van der Waals surface area contributed by atoms with Crippen molar-refractivity contribution in [2.24, 2.45) is 5.92 Å². The Morgan fingerprint density at radius 2 is 1.52 bits per heavy atom. The van der Waals surface area contributed by atoms with Crippen LogP contribution >= 0.6 is 31.9 Å². The fourth-order valence-corrected chi connectivity index (χ4v) is 3.74. The van der Waals surface area contributed by atoms with Gasteiger partial charge in [0.1, 0.15) is 11.2 Å². The quantitative estimate of drug-likeness (QED) is 0.302. The lowest BCUT2D eigenvalue weighted by Crippen LogP contribution is -2.55. The minimum Gasteiger partial charge on any atom is -0.464 e. The van der Waals surface area contributed by atoms with Crippen LogP contribution in [0.4, 0.5) is 9.59 Å². The van der Waals surface area contributed by atoms with Crippen molar-refractivity contribution < 1.29 is 28.6 Å². The van der Waals surface area contributed by atoms with E-state index in [4.69, 9.17) is 14.2 Å². The van der Waals surface area contributed by atoms with Gasteiger partial charge in [-0.1, -0.05) is 31.9 Å². The zero-order valence-corrected chi connectivity index (χ0v) is 20.1. The van der Waals surface area contributed by atoms with Crippen molar-refractivity contribution in [3.63, 3.8) is 0 Å². The first-order valence-corrected chi connectivity index (χ1v) is 10.9. The van der Waals surface area contributed by atoms with Gasteiger partial charge in [-0.05, 0) is 54.9 Å². The van der Waals surface area contributed by atoms with Crippen LogP contribution in [0.25, 0.3) is 0 Å². The Kier molecular flexibility index (Phi) is 7.78. The molecule has 0 aromatic rings. The van der Waals surface area contributed by atoms with Crippen molar-refractivity contribution in [3.05, 3.63) is 0 Å². The molecule has 0 aromatic carbocycles. The summed E-state index contributed by atoms with van der Waals surface area (Å²) in [5, 5.41) is 0.537. The highest BCUT2D eigenvalue weighted by Gasteiger charge is 2.71. The summed E-state index contributed by atoms with van der Waals surface area (Å²) in [4.78, 5) is 39.3. The Bertz CT molecular complexity index is 555. The van der Waals surface area contributed by atoms with E-state index in [-0.39, 0.29) is 23.8 Å². The van der Waals surface area contributed by atoms with Crippen LogP contribution in [0.3, 0.4) is 0 Å². The normalized spacial score (nSPS) is 23.2. The zero-order valence-electron chi connectivity index (χ0n) is 16.9. The summed E-state index contributed by atoms with van der Waals surface area (Å²) in [6, 6.07) is 0.